The van der Waals surface area contributed by atoms with Crippen molar-refractivity contribution in [2.24, 2.45) is 0 Å². The lowest BCUT2D eigenvalue weighted by Gasteiger charge is -2.16. The van der Waals surface area contributed by atoms with Crippen molar-refractivity contribution in [2.75, 3.05) is 0 Å². The number of carbonyl (C=O) groups excluding carboxylic acids is 1. The minimum atomic E-state index is 0.00493. The number of aromatic nitrogens is 5. The van der Waals surface area contributed by atoms with Crippen molar-refractivity contribution in [1.82, 2.24) is 30.3 Å². The number of carbonyl (C=O) groups is 1. The first-order valence-electron chi connectivity index (χ1n) is 10.5. The Morgan fingerprint density at radius 2 is 2.00 bits per heavy atom. The smallest absolute Gasteiger partial charge is 0.255 e. The molecule has 3 aromatic rings. The largest absolute Gasteiger partial charge is 0.349 e. The van der Waals surface area contributed by atoms with E-state index in [4.69, 9.17) is 0 Å². The van der Waals surface area contributed by atoms with E-state index in [0.29, 0.717) is 5.92 Å². The van der Waals surface area contributed by atoms with Gasteiger partial charge in [-0.15, -0.1) is 10.2 Å². The van der Waals surface area contributed by atoms with Crippen molar-refractivity contribution in [1.29, 1.82) is 0 Å². The zero-order chi connectivity index (χ0) is 19.8. The molecular formula is C22H26N6O. The summed E-state index contributed by atoms with van der Waals surface area (Å²) in [6, 6.07) is 10.5. The van der Waals surface area contributed by atoms with E-state index in [1.807, 2.05) is 25.1 Å². The van der Waals surface area contributed by atoms with E-state index >= 15 is 0 Å². The molecule has 2 aromatic heterocycles. The number of benzene rings is 1. The summed E-state index contributed by atoms with van der Waals surface area (Å²) in [6.45, 7) is 2.76. The lowest BCUT2D eigenvalue weighted by Crippen LogP contribution is -2.35. The van der Waals surface area contributed by atoms with Gasteiger partial charge in [0.2, 0.25) is 0 Å². The van der Waals surface area contributed by atoms with Gasteiger partial charge >= 0.3 is 0 Å². The molecule has 1 aliphatic heterocycles. The quantitative estimate of drug-likeness (QED) is 0.701. The number of nitrogens with one attached hydrogen (secondary N) is 2. The number of nitrogens with zero attached hydrogens (tertiary/aromatic N) is 4. The second-order valence-electron chi connectivity index (χ2n) is 8.23. The molecule has 1 saturated carbocycles. The summed E-state index contributed by atoms with van der Waals surface area (Å²) in [5, 5.41) is 19.5. The first-order valence-corrected chi connectivity index (χ1v) is 10.5. The molecule has 1 unspecified atom stereocenters. The number of hydrogen-bond acceptors (Lipinski definition) is 4. The van der Waals surface area contributed by atoms with Gasteiger partial charge in [0.15, 0.2) is 0 Å². The molecule has 0 saturated heterocycles. The second kappa shape index (κ2) is 7.46. The SMILES string of the molecule is Cc1[nH]nc(C2CC2)c1C(=O)NC1CCc2nnc(Cc3ccccc3)n2CC1. The first kappa shape index (κ1) is 18.1. The van der Waals surface area contributed by atoms with Crippen LogP contribution in [0.4, 0.5) is 0 Å². The molecule has 2 aliphatic rings. The fraction of sp³-hybridized carbons (Fsp3) is 0.455. The van der Waals surface area contributed by atoms with Gasteiger partial charge in [0.1, 0.15) is 11.6 Å². The molecule has 0 radical (unpaired) electrons. The summed E-state index contributed by atoms with van der Waals surface area (Å²) in [5.41, 5.74) is 3.79. The molecular weight excluding hydrogens is 364 g/mol. The molecule has 7 nitrogen and oxygen atoms in total. The van der Waals surface area contributed by atoms with E-state index < -0.39 is 0 Å². The Kier molecular flexibility index (Phi) is 4.66. The van der Waals surface area contributed by atoms with Crippen LogP contribution in [0.5, 0.6) is 0 Å². The fourth-order valence-corrected chi connectivity index (χ4v) is 4.25. The number of aromatic amines is 1. The third-order valence-corrected chi connectivity index (χ3v) is 6.03. The molecule has 29 heavy (non-hydrogen) atoms. The van der Waals surface area contributed by atoms with Gasteiger partial charge in [-0.2, -0.15) is 5.10 Å². The maximum Gasteiger partial charge on any atom is 0.255 e. The highest BCUT2D eigenvalue weighted by molar-refractivity contribution is 5.96. The Labute approximate surface area is 169 Å². The topological polar surface area (TPSA) is 88.5 Å². The van der Waals surface area contributed by atoms with Crippen molar-refractivity contribution in [3.8, 4) is 0 Å². The van der Waals surface area contributed by atoms with Crippen LogP contribution in [-0.4, -0.2) is 36.9 Å². The second-order valence-corrected chi connectivity index (χ2v) is 8.23. The van der Waals surface area contributed by atoms with Gasteiger partial charge in [-0.1, -0.05) is 30.3 Å². The van der Waals surface area contributed by atoms with Gasteiger partial charge in [-0.25, -0.2) is 0 Å². The lowest BCUT2D eigenvalue weighted by atomic mass is 10.1. The molecule has 150 valence electrons. The maximum absolute atomic E-state index is 13.0. The number of fused-ring (bicyclic) bond motifs is 1. The third-order valence-electron chi connectivity index (χ3n) is 6.03. The van der Waals surface area contributed by atoms with Crippen LogP contribution in [0.15, 0.2) is 30.3 Å². The fourth-order valence-electron chi connectivity index (χ4n) is 4.25. The highest BCUT2D eigenvalue weighted by Gasteiger charge is 2.33. The highest BCUT2D eigenvalue weighted by Crippen LogP contribution is 2.41. The predicted molar refractivity (Wildman–Crippen MR) is 109 cm³/mol. The number of amides is 1. The predicted octanol–water partition coefficient (Wildman–Crippen LogP) is 2.91. The van der Waals surface area contributed by atoms with Crippen molar-refractivity contribution in [3.63, 3.8) is 0 Å². The number of aryl methyl sites for hydroxylation is 2. The molecule has 1 atom stereocenters. The van der Waals surface area contributed by atoms with Crippen LogP contribution in [0.1, 0.15) is 70.6 Å². The first-order chi connectivity index (χ1) is 14.2. The number of rotatable bonds is 5. The zero-order valence-electron chi connectivity index (χ0n) is 16.7. The minimum Gasteiger partial charge on any atom is -0.349 e. The summed E-state index contributed by atoms with van der Waals surface area (Å²) in [7, 11) is 0. The highest BCUT2D eigenvalue weighted by atomic mass is 16.1. The average molecular weight is 390 g/mol. The third kappa shape index (κ3) is 3.69. The van der Waals surface area contributed by atoms with Crippen molar-refractivity contribution >= 4 is 5.91 Å². The Morgan fingerprint density at radius 3 is 2.79 bits per heavy atom. The van der Waals surface area contributed by atoms with Gasteiger partial charge < -0.3 is 9.88 Å². The Hall–Kier alpha value is -2.96. The van der Waals surface area contributed by atoms with Gasteiger partial charge in [-0.05, 0) is 38.2 Å². The number of H-pyrrole nitrogens is 1. The summed E-state index contributed by atoms with van der Waals surface area (Å²) in [4.78, 5) is 13.0. The summed E-state index contributed by atoms with van der Waals surface area (Å²) in [5.74, 6) is 2.47. The standard InChI is InChI=1S/C22H26N6O/c1-14-20(21(27-24-14)16-7-8-16)22(29)23-17-9-10-18-25-26-19(28(18)12-11-17)13-15-5-3-2-4-6-15/h2-6,16-17H,7-13H2,1H3,(H,23,29)(H,24,27). The molecule has 0 spiro atoms. The van der Waals surface area contributed by atoms with Crippen LogP contribution < -0.4 is 5.32 Å². The molecule has 1 aliphatic carbocycles. The molecule has 5 rings (SSSR count). The molecule has 0 bridgehead atoms. The maximum atomic E-state index is 13.0. The van der Waals surface area contributed by atoms with E-state index in [0.717, 1.165) is 73.7 Å². The zero-order valence-corrected chi connectivity index (χ0v) is 16.7. The number of hydrogen-bond donors (Lipinski definition) is 2. The van der Waals surface area contributed by atoms with Crippen molar-refractivity contribution < 1.29 is 4.79 Å². The lowest BCUT2D eigenvalue weighted by molar-refractivity contribution is 0.0931. The summed E-state index contributed by atoms with van der Waals surface area (Å²) >= 11 is 0. The summed E-state index contributed by atoms with van der Waals surface area (Å²) < 4.78 is 2.23. The van der Waals surface area contributed by atoms with Gasteiger partial charge in [-0.3, -0.25) is 9.89 Å². The van der Waals surface area contributed by atoms with Crippen molar-refractivity contribution in [3.05, 3.63) is 64.5 Å². The molecule has 3 heterocycles. The van der Waals surface area contributed by atoms with E-state index in [1.54, 1.807) is 0 Å². The van der Waals surface area contributed by atoms with Gasteiger partial charge in [0.25, 0.3) is 5.91 Å². The normalized spacial score (nSPS) is 18.9. The monoisotopic (exact) mass is 390 g/mol. The Bertz CT molecular complexity index is 1020. The van der Waals surface area contributed by atoms with Crippen molar-refractivity contribution in [2.45, 2.75) is 64.0 Å². The van der Waals surface area contributed by atoms with Gasteiger partial charge in [0, 0.05) is 37.0 Å². The van der Waals surface area contributed by atoms with Crippen LogP contribution in [-0.2, 0) is 19.4 Å². The molecule has 2 N–H and O–H groups in total. The van der Waals surface area contributed by atoms with Crippen LogP contribution in [0.2, 0.25) is 0 Å². The Morgan fingerprint density at radius 1 is 1.17 bits per heavy atom. The molecule has 7 heteroatoms. The van der Waals surface area contributed by atoms with E-state index in [-0.39, 0.29) is 11.9 Å². The minimum absolute atomic E-state index is 0.00493. The molecule has 1 fully saturated rings. The van der Waals surface area contributed by atoms with Crippen LogP contribution >= 0.6 is 0 Å². The average Bonchev–Trinajstić information content (AvgIpc) is 3.44. The molecule has 1 amide bonds. The van der Waals surface area contributed by atoms with E-state index in [2.05, 4.69) is 42.4 Å². The van der Waals surface area contributed by atoms with Crippen LogP contribution in [0.3, 0.4) is 0 Å². The van der Waals surface area contributed by atoms with E-state index in [1.165, 1.54) is 5.56 Å². The van der Waals surface area contributed by atoms with Crippen LogP contribution in [0.25, 0.3) is 0 Å². The summed E-state index contributed by atoms with van der Waals surface area (Å²) in [6.07, 6.45) is 5.63. The molecule has 1 aromatic carbocycles. The Balaban J connectivity index is 1.27. The van der Waals surface area contributed by atoms with Crippen LogP contribution in [0, 0.1) is 6.92 Å². The van der Waals surface area contributed by atoms with E-state index in [9.17, 15) is 4.79 Å². The van der Waals surface area contributed by atoms with Gasteiger partial charge in [0.05, 0.1) is 11.3 Å².